The summed E-state index contributed by atoms with van der Waals surface area (Å²) >= 11 is 3.40. The van der Waals surface area contributed by atoms with Crippen molar-refractivity contribution in [2.24, 2.45) is 23.7 Å². The molecule has 0 aromatic carbocycles. The SMILES string of the molecule is CC[C@H](C)[C@H](NC(=O)[C@H](C(C)C)[C@@H](O)[C@H](O)[C@H](CC1CCCCC1)NC(=O)CCCC[C@@H]1SC[C@@H]2NC(=O)N[C@@H]21)C(=O)NCCc1scnc1C. The normalized spacial score (nSPS) is 24.1. The molecule has 1 aliphatic carbocycles. The summed E-state index contributed by atoms with van der Waals surface area (Å²) in [6.07, 6.45) is 7.12. The summed E-state index contributed by atoms with van der Waals surface area (Å²) in [7, 11) is 0. The summed E-state index contributed by atoms with van der Waals surface area (Å²) in [5.74, 6) is -1.24. The molecule has 12 nitrogen and oxygen atoms in total. The van der Waals surface area contributed by atoms with E-state index in [0.29, 0.717) is 49.8 Å². The standard InChI is InChI=1S/C37H62N6O6S2/c1-6-22(4)31(36(48)38-17-16-27-23(5)39-20-51-27)42-35(47)30(21(2)3)34(46)33(45)25(18-24-12-8-7-9-13-24)40-29(44)15-11-10-14-28-32-26(19-50-28)41-37(49)43-32/h20-22,24-26,28,30-34,45-46H,6-19H2,1-5H3,(H,38,48)(H,40,44)(H,42,47)(H2,41,43,49)/t22-,25-,26-,28-,30+,31-,32-,33+,34+/m0/s1. The number of nitrogens with zero attached hydrogens (tertiary/aromatic N) is 1. The first-order valence-corrected chi connectivity index (χ1v) is 21.1. The third-order valence-corrected chi connectivity index (χ3v) is 13.7. The highest BCUT2D eigenvalue weighted by Gasteiger charge is 2.43. The van der Waals surface area contributed by atoms with E-state index < -0.39 is 36.1 Å². The molecular weight excluding hydrogens is 689 g/mol. The quantitative estimate of drug-likeness (QED) is 0.0776. The van der Waals surface area contributed by atoms with Crippen LogP contribution in [0.15, 0.2) is 5.51 Å². The maximum absolute atomic E-state index is 13.9. The Hall–Kier alpha value is -2.42. The van der Waals surface area contributed by atoms with Crippen molar-refractivity contribution in [3.63, 3.8) is 0 Å². The van der Waals surface area contributed by atoms with Gasteiger partial charge < -0.3 is 36.8 Å². The van der Waals surface area contributed by atoms with Gasteiger partial charge in [-0.2, -0.15) is 11.8 Å². The first kappa shape index (κ1) is 41.3. The number of aromatic nitrogens is 1. The Morgan fingerprint density at radius 3 is 2.43 bits per heavy atom. The lowest BCUT2D eigenvalue weighted by atomic mass is 9.79. The number of thioether (sulfide) groups is 1. The number of carbonyl (C=O) groups is 4. The van der Waals surface area contributed by atoms with Crippen LogP contribution in [-0.2, 0) is 20.8 Å². The van der Waals surface area contributed by atoms with E-state index in [1.165, 1.54) is 6.42 Å². The number of rotatable bonds is 20. The van der Waals surface area contributed by atoms with Crippen LogP contribution >= 0.6 is 23.1 Å². The average Bonchev–Trinajstić information content (AvgIpc) is 3.80. The molecular formula is C37H62N6O6S2. The molecule has 0 radical (unpaired) electrons. The molecule has 2 aliphatic heterocycles. The molecule has 9 atom stereocenters. The fraction of sp³-hybridized carbons (Fsp3) is 0.811. The fourth-order valence-corrected chi connectivity index (χ4v) is 10.2. The molecule has 288 valence electrons. The monoisotopic (exact) mass is 750 g/mol. The number of fused-ring (bicyclic) bond motifs is 1. The van der Waals surface area contributed by atoms with Gasteiger partial charge in [0, 0.05) is 35.3 Å². The molecule has 0 bridgehead atoms. The van der Waals surface area contributed by atoms with Crippen molar-refractivity contribution in [1.29, 1.82) is 0 Å². The van der Waals surface area contributed by atoms with Crippen molar-refractivity contribution in [2.45, 2.75) is 153 Å². The molecule has 2 saturated heterocycles. The number of nitrogens with one attached hydrogen (secondary N) is 5. The molecule has 5 amide bonds. The van der Waals surface area contributed by atoms with Crippen molar-refractivity contribution >= 4 is 46.9 Å². The smallest absolute Gasteiger partial charge is 0.315 e. The summed E-state index contributed by atoms with van der Waals surface area (Å²) in [5.41, 5.74) is 2.73. The van der Waals surface area contributed by atoms with Gasteiger partial charge in [0.25, 0.3) is 0 Å². The molecule has 51 heavy (non-hydrogen) atoms. The fourth-order valence-electron chi connectivity index (χ4n) is 7.85. The van der Waals surface area contributed by atoms with E-state index >= 15 is 0 Å². The second kappa shape index (κ2) is 20.1. The van der Waals surface area contributed by atoms with Crippen LogP contribution in [-0.4, -0.2) is 92.9 Å². The van der Waals surface area contributed by atoms with Gasteiger partial charge in [0.1, 0.15) is 12.1 Å². The van der Waals surface area contributed by atoms with Crippen LogP contribution in [0.1, 0.15) is 109 Å². The number of urea groups is 1. The zero-order valence-corrected chi connectivity index (χ0v) is 32.8. The lowest BCUT2D eigenvalue weighted by Gasteiger charge is -2.36. The van der Waals surface area contributed by atoms with Crippen molar-refractivity contribution in [3.05, 3.63) is 16.1 Å². The highest BCUT2D eigenvalue weighted by atomic mass is 32.2. The number of carbonyl (C=O) groups excluding carboxylic acids is 4. The Labute approximate surface area is 312 Å². The second-order valence-corrected chi connectivity index (χ2v) is 17.5. The Bertz CT molecular complexity index is 1290. The molecule has 3 aliphatic rings. The molecule has 3 heterocycles. The third kappa shape index (κ3) is 11.8. The van der Waals surface area contributed by atoms with Gasteiger partial charge >= 0.3 is 6.03 Å². The van der Waals surface area contributed by atoms with Gasteiger partial charge in [-0.05, 0) is 43.9 Å². The summed E-state index contributed by atoms with van der Waals surface area (Å²) in [6, 6.07) is -1.32. The van der Waals surface area contributed by atoms with E-state index in [0.717, 1.165) is 54.8 Å². The summed E-state index contributed by atoms with van der Waals surface area (Å²) < 4.78 is 0. The first-order valence-electron chi connectivity index (χ1n) is 19.2. The Kier molecular flexibility index (Phi) is 16.3. The highest BCUT2D eigenvalue weighted by Crippen LogP contribution is 2.33. The van der Waals surface area contributed by atoms with Gasteiger partial charge in [-0.15, -0.1) is 11.3 Å². The van der Waals surface area contributed by atoms with Crippen molar-refractivity contribution in [2.75, 3.05) is 12.3 Å². The zero-order valence-electron chi connectivity index (χ0n) is 31.1. The average molecular weight is 751 g/mol. The van der Waals surface area contributed by atoms with Crippen LogP contribution in [0, 0.1) is 30.6 Å². The molecule has 1 aromatic heterocycles. The predicted molar refractivity (Wildman–Crippen MR) is 202 cm³/mol. The zero-order chi connectivity index (χ0) is 37.1. The minimum absolute atomic E-state index is 0.105. The molecule has 1 saturated carbocycles. The topological polar surface area (TPSA) is 182 Å². The van der Waals surface area contributed by atoms with Crippen molar-refractivity contribution < 1.29 is 29.4 Å². The molecule has 7 N–H and O–H groups in total. The third-order valence-electron chi connectivity index (χ3n) is 11.2. The van der Waals surface area contributed by atoms with Crippen LogP contribution in [0.25, 0.3) is 0 Å². The summed E-state index contributed by atoms with van der Waals surface area (Å²) in [6.45, 7) is 9.87. The van der Waals surface area contributed by atoms with E-state index in [1.54, 1.807) is 16.8 Å². The van der Waals surface area contributed by atoms with Gasteiger partial charge in [-0.3, -0.25) is 14.4 Å². The summed E-state index contributed by atoms with van der Waals surface area (Å²) in [4.78, 5) is 57.6. The Morgan fingerprint density at radius 1 is 1.02 bits per heavy atom. The molecule has 3 fully saturated rings. The maximum Gasteiger partial charge on any atom is 0.315 e. The van der Waals surface area contributed by atoms with Gasteiger partial charge in [-0.25, -0.2) is 9.78 Å². The van der Waals surface area contributed by atoms with Crippen LogP contribution < -0.4 is 26.6 Å². The Morgan fingerprint density at radius 2 is 1.76 bits per heavy atom. The largest absolute Gasteiger partial charge is 0.390 e. The maximum atomic E-state index is 13.9. The van der Waals surface area contributed by atoms with E-state index in [-0.39, 0.29) is 41.8 Å². The van der Waals surface area contributed by atoms with Gasteiger partial charge in [0.15, 0.2) is 0 Å². The minimum Gasteiger partial charge on any atom is -0.390 e. The first-order chi connectivity index (χ1) is 24.4. The van der Waals surface area contributed by atoms with Gasteiger partial charge in [0.05, 0.1) is 41.4 Å². The number of amides is 5. The van der Waals surface area contributed by atoms with E-state index in [4.69, 9.17) is 0 Å². The predicted octanol–water partition coefficient (Wildman–Crippen LogP) is 3.82. The van der Waals surface area contributed by atoms with Gasteiger partial charge in [0.2, 0.25) is 17.7 Å². The molecule has 14 heteroatoms. The number of thiazole rings is 1. The van der Waals surface area contributed by atoms with Crippen LogP contribution in [0.2, 0.25) is 0 Å². The van der Waals surface area contributed by atoms with E-state index in [9.17, 15) is 29.4 Å². The van der Waals surface area contributed by atoms with Crippen LogP contribution in [0.5, 0.6) is 0 Å². The molecule has 0 unspecified atom stereocenters. The molecule has 0 spiro atoms. The number of aliphatic hydroxyl groups is 2. The van der Waals surface area contributed by atoms with Gasteiger partial charge in [-0.1, -0.05) is 72.6 Å². The van der Waals surface area contributed by atoms with Crippen molar-refractivity contribution in [3.8, 4) is 0 Å². The lowest BCUT2D eigenvalue weighted by Crippen LogP contribution is -2.57. The number of unbranched alkanes of at least 4 members (excludes halogenated alkanes) is 1. The Balaban J connectivity index is 1.36. The number of aliphatic hydroxyl groups excluding tert-OH is 2. The second-order valence-electron chi connectivity index (χ2n) is 15.3. The lowest BCUT2D eigenvalue weighted by molar-refractivity contribution is -0.140. The van der Waals surface area contributed by atoms with E-state index in [2.05, 4.69) is 31.6 Å². The summed E-state index contributed by atoms with van der Waals surface area (Å²) in [5, 5.41) is 38.6. The molecule has 1 aromatic rings. The highest BCUT2D eigenvalue weighted by molar-refractivity contribution is 8.00. The van der Waals surface area contributed by atoms with Crippen LogP contribution in [0.4, 0.5) is 4.79 Å². The van der Waals surface area contributed by atoms with E-state index in [1.807, 2.05) is 46.4 Å². The molecule has 4 rings (SSSR count). The minimum atomic E-state index is -1.45. The van der Waals surface area contributed by atoms with Crippen molar-refractivity contribution in [1.82, 2.24) is 31.6 Å². The number of hydrogen-bond donors (Lipinski definition) is 7. The number of aryl methyl sites for hydroxylation is 1. The van der Waals surface area contributed by atoms with Crippen LogP contribution in [0.3, 0.4) is 0 Å². The number of hydrogen-bond acceptors (Lipinski definition) is 9.